The molecule has 1 unspecified atom stereocenters. The Kier molecular flexibility index (Phi) is 3.87. The van der Waals surface area contributed by atoms with Gasteiger partial charge in [-0.05, 0) is 32.7 Å². The van der Waals surface area contributed by atoms with E-state index >= 15 is 0 Å². The number of nitrogens with one attached hydrogen (secondary N) is 1. The molecule has 1 aliphatic rings. The zero-order valence-electron chi connectivity index (χ0n) is 11.6. The molecule has 1 aromatic heterocycles. The predicted molar refractivity (Wildman–Crippen MR) is 71.1 cm³/mol. The first-order valence-corrected chi connectivity index (χ1v) is 6.87. The minimum absolute atomic E-state index is 0.499. The molecule has 2 rings (SSSR count). The van der Waals surface area contributed by atoms with Crippen molar-refractivity contribution in [2.24, 2.45) is 13.0 Å². The van der Waals surface area contributed by atoms with Gasteiger partial charge in [-0.25, -0.2) is 0 Å². The summed E-state index contributed by atoms with van der Waals surface area (Å²) in [7, 11) is 2.04. The lowest BCUT2D eigenvalue weighted by Crippen LogP contribution is -2.26. The van der Waals surface area contributed by atoms with Crippen LogP contribution in [0, 0.1) is 19.8 Å². The van der Waals surface area contributed by atoms with Gasteiger partial charge >= 0.3 is 0 Å². The molecule has 0 aliphatic heterocycles. The average molecular weight is 235 g/mol. The van der Waals surface area contributed by atoms with E-state index in [-0.39, 0.29) is 0 Å². The van der Waals surface area contributed by atoms with Crippen LogP contribution in [0.1, 0.15) is 55.6 Å². The SMILES string of the molecule is CCNC(CC1CCC1)c1c(C)nn(C)c1C. The minimum atomic E-state index is 0.499. The summed E-state index contributed by atoms with van der Waals surface area (Å²) >= 11 is 0. The maximum absolute atomic E-state index is 4.54. The Hall–Kier alpha value is -0.830. The summed E-state index contributed by atoms with van der Waals surface area (Å²) in [5, 5.41) is 8.18. The molecule has 3 heteroatoms. The van der Waals surface area contributed by atoms with Crippen molar-refractivity contribution in [1.29, 1.82) is 0 Å². The van der Waals surface area contributed by atoms with E-state index in [0.29, 0.717) is 6.04 Å². The number of rotatable bonds is 5. The van der Waals surface area contributed by atoms with Crippen molar-refractivity contribution in [3.8, 4) is 0 Å². The lowest BCUT2D eigenvalue weighted by molar-refractivity contribution is 0.261. The number of nitrogens with zero attached hydrogens (tertiary/aromatic N) is 2. The molecular weight excluding hydrogens is 210 g/mol. The first-order valence-electron chi connectivity index (χ1n) is 6.87. The van der Waals surface area contributed by atoms with Gasteiger partial charge < -0.3 is 5.32 Å². The van der Waals surface area contributed by atoms with E-state index in [9.17, 15) is 0 Å². The third-order valence-electron chi connectivity index (χ3n) is 4.16. The van der Waals surface area contributed by atoms with E-state index < -0.39 is 0 Å². The first kappa shape index (κ1) is 12.6. The van der Waals surface area contributed by atoms with Gasteiger partial charge in [-0.1, -0.05) is 26.2 Å². The molecule has 1 aromatic rings. The summed E-state index contributed by atoms with van der Waals surface area (Å²) < 4.78 is 2.01. The molecular formula is C14H25N3. The van der Waals surface area contributed by atoms with Crippen molar-refractivity contribution in [2.75, 3.05) is 6.54 Å². The molecule has 0 aromatic carbocycles. The van der Waals surface area contributed by atoms with Gasteiger partial charge in [0.1, 0.15) is 0 Å². The Balaban J connectivity index is 2.18. The Labute approximate surface area is 105 Å². The van der Waals surface area contributed by atoms with Gasteiger partial charge in [0.25, 0.3) is 0 Å². The van der Waals surface area contributed by atoms with Crippen LogP contribution in [0.25, 0.3) is 0 Å². The van der Waals surface area contributed by atoms with Crippen LogP contribution in [0.15, 0.2) is 0 Å². The summed E-state index contributed by atoms with van der Waals surface area (Å²) in [4.78, 5) is 0. The molecule has 1 saturated carbocycles. The highest BCUT2D eigenvalue weighted by Gasteiger charge is 2.26. The first-order chi connectivity index (χ1) is 8.13. The van der Waals surface area contributed by atoms with Crippen LogP contribution >= 0.6 is 0 Å². The van der Waals surface area contributed by atoms with Crippen LogP contribution < -0.4 is 5.32 Å². The number of hydrogen-bond donors (Lipinski definition) is 1. The molecule has 17 heavy (non-hydrogen) atoms. The van der Waals surface area contributed by atoms with Crippen molar-refractivity contribution in [3.63, 3.8) is 0 Å². The van der Waals surface area contributed by atoms with E-state index in [2.05, 4.69) is 31.2 Å². The van der Waals surface area contributed by atoms with E-state index in [0.717, 1.165) is 12.5 Å². The topological polar surface area (TPSA) is 29.9 Å². The molecule has 1 heterocycles. The third-order valence-corrected chi connectivity index (χ3v) is 4.16. The third kappa shape index (κ3) is 2.54. The van der Waals surface area contributed by atoms with Gasteiger partial charge in [0, 0.05) is 24.3 Å². The summed E-state index contributed by atoms with van der Waals surface area (Å²) in [6.07, 6.45) is 5.54. The molecule has 1 atom stereocenters. The zero-order chi connectivity index (χ0) is 12.4. The molecule has 96 valence electrons. The second-order valence-corrected chi connectivity index (χ2v) is 5.35. The van der Waals surface area contributed by atoms with Gasteiger partial charge in [0.15, 0.2) is 0 Å². The van der Waals surface area contributed by atoms with Crippen LogP contribution in [-0.2, 0) is 7.05 Å². The van der Waals surface area contributed by atoms with Crippen molar-refractivity contribution >= 4 is 0 Å². The molecule has 0 amide bonds. The Morgan fingerprint density at radius 1 is 1.41 bits per heavy atom. The summed E-state index contributed by atoms with van der Waals surface area (Å²) in [6, 6.07) is 0.499. The maximum Gasteiger partial charge on any atom is 0.0644 e. The highest BCUT2D eigenvalue weighted by atomic mass is 15.3. The van der Waals surface area contributed by atoms with Crippen LogP contribution in [0.2, 0.25) is 0 Å². The molecule has 3 nitrogen and oxygen atoms in total. The van der Waals surface area contributed by atoms with Crippen molar-refractivity contribution in [1.82, 2.24) is 15.1 Å². The van der Waals surface area contributed by atoms with Crippen molar-refractivity contribution in [2.45, 2.75) is 52.5 Å². The number of hydrogen-bond acceptors (Lipinski definition) is 2. The Morgan fingerprint density at radius 2 is 2.12 bits per heavy atom. The molecule has 0 radical (unpaired) electrons. The predicted octanol–water partition coefficient (Wildman–Crippen LogP) is 2.88. The van der Waals surface area contributed by atoms with Gasteiger partial charge in [-0.15, -0.1) is 0 Å². The quantitative estimate of drug-likeness (QED) is 0.850. The van der Waals surface area contributed by atoms with E-state index in [1.165, 1.54) is 42.6 Å². The fraction of sp³-hybridized carbons (Fsp3) is 0.786. The molecule has 1 fully saturated rings. The Bertz CT molecular complexity index is 377. The fourth-order valence-electron chi connectivity index (χ4n) is 2.91. The lowest BCUT2D eigenvalue weighted by atomic mass is 9.79. The zero-order valence-corrected chi connectivity index (χ0v) is 11.6. The second-order valence-electron chi connectivity index (χ2n) is 5.35. The smallest absolute Gasteiger partial charge is 0.0644 e. The highest BCUT2D eigenvalue weighted by Crippen LogP contribution is 2.36. The van der Waals surface area contributed by atoms with Crippen LogP contribution in [0.3, 0.4) is 0 Å². The number of aryl methyl sites for hydroxylation is 2. The largest absolute Gasteiger partial charge is 0.310 e. The van der Waals surface area contributed by atoms with Crippen LogP contribution in [-0.4, -0.2) is 16.3 Å². The van der Waals surface area contributed by atoms with Gasteiger partial charge in [-0.2, -0.15) is 5.10 Å². The fourth-order valence-corrected chi connectivity index (χ4v) is 2.91. The summed E-state index contributed by atoms with van der Waals surface area (Å²) in [5.41, 5.74) is 3.93. The normalized spacial score (nSPS) is 18.1. The van der Waals surface area contributed by atoms with Crippen molar-refractivity contribution < 1.29 is 0 Å². The molecule has 0 spiro atoms. The van der Waals surface area contributed by atoms with E-state index in [4.69, 9.17) is 0 Å². The average Bonchev–Trinajstić information content (AvgIpc) is 2.46. The number of aromatic nitrogens is 2. The highest BCUT2D eigenvalue weighted by molar-refractivity contribution is 5.28. The van der Waals surface area contributed by atoms with Crippen LogP contribution in [0.5, 0.6) is 0 Å². The summed E-state index contributed by atoms with van der Waals surface area (Å²) in [5.74, 6) is 0.929. The standard InChI is InChI=1S/C14H25N3/c1-5-15-13(9-12-7-6-8-12)14-10(2)16-17(4)11(14)3/h12-13,15H,5-9H2,1-4H3. The molecule has 0 saturated heterocycles. The molecule has 0 bridgehead atoms. The van der Waals surface area contributed by atoms with Gasteiger partial charge in [-0.3, -0.25) is 4.68 Å². The second kappa shape index (κ2) is 5.21. The van der Waals surface area contributed by atoms with E-state index in [1.807, 2.05) is 11.7 Å². The molecule has 1 aliphatic carbocycles. The summed E-state index contributed by atoms with van der Waals surface area (Å²) in [6.45, 7) is 7.54. The van der Waals surface area contributed by atoms with Crippen molar-refractivity contribution in [3.05, 3.63) is 17.0 Å². The minimum Gasteiger partial charge on any atom is -0.310 e. The monoisotopic (exact) mass is 235 g/mol. The van der Waals surface area contributed by atoms with E-state index in [1.54, 1.807) is 0 Å². The maximum atomic E-state index is 4.54. The Morgan fingerprint density at radius 3 is 2.53 bits per heavy atom. The van der Waals surface area contributed by atoms with Gasteiger partial charge in [0.05, 0.1) is 5.69 Å². The lowest BCUT2D eigenvalue weighted by Gasteiger charge is -2.30. The molecule has 1 N–H and O–H groups in total. The van der Waals surface area contributed by atoms with Gasteiger partial charge in [0.2, 0.25) is 0 Å². The van der Waals surface area contributed by atoms with Crippen LogP contribution in [0.4, 0.5) is 0 Å².